The SMILES string of the molecule is C=CCOC(=O)N[C@@](Cc1ccccc1)(C(=O)O)S(=O)(=O)C(C)(C)C. The zero-order chi connectivity index (χ0) is 19.3. The minimum Gasteiger partial charge on any atom is -0.479 e. The number of carbonyl (C=O) groups excluding carboxylic acids is 1. The van der Waals surface area contributed by atoms with Crippen LogP contribution in [-0.2, 0) is 25.8 Å². The van der Waals surface area contributed by atoms with E-state index in [0.717, 1.165) is 0 Å². The minimum absolute atomic E-state index is 0.178. The van der Waals surface area contributed by atoms with E-state index in [1.807, 2.05) is 0 Å². The highest BCUT2D eigenvalue weighted by Gasteiger charge is 2.57. The Bertz CT molecular complexity index is 736. The van der Waals surface area contributed by atoms with Crippen molar-refractivity contribution < 1.29 is 27.9 Å². The molecule has 8 heteroatoms. The highest BCUT2D eigenvalue weighted by Crippen LogP contribution is 2.31. The largest absolute Gasteiger partial charge is 0.479 e. The van der Waals surface area contributed by atoms with Gasteiger partial charge in [0.25, 0.3) is 0 Å². The third-order valence-electron chi connectivity index (χ3n) is 3.54. The molecule has 0 bridgehead atoms. The molecule has 0 saturated heterocycles. The number of alkyl carbamates (subject to hydrolysis) is 1. The molecule has 1 atom stereocenters. The summed E-state index contributed by atoms with van der Waals surface area (Å²) < 4.78 is 29.4. The average molecular weight is 369 g/mol. The molecule has 0 unspecified atom stereocenters. The maximum Gasteiger partial charge on any atom is 0.409 e. The van der Waals surface area contributed by atoms with Crippen molar-refractivity contribution in [3.63, 3.8) is 0 Å². The van der Waals surface area contributed by atoms with Crippen molar-refractivity contribution in [2.75, 3.05) is 6.61 Å². The molecule has 1 aromatic carbocycles. The van der Waals surface area contributed by atoms with Crippen LogP contribution in [0.5, 0.6) is 0 Å². The van der Waals surface area contributed by atoms with E-state index in [-0.39, 0.29) is 6.61 Å². The normalized spacial score (nSPS) is 14.2. The van der Waals surface area contributed by atoms with Crippen LogP contribution >= 0.6 is 0 Å². The van der Waals surface area contributed by atoms with Gasteiger partial charge in [0.05, 0.1) is 4.75 Å². The van der Waals surface area contributed by atoms with Crippen LogP contribution in [0.25, 0.3) is 0 Å². The summed E-state index contributed by atoms with van der Waals surface area (Å²) in [5, 5.41) is 11.9. The molecule has 0 aliphatic carbocycles. The van der Waals surface area contributed by atoms with Crippen LogP contribution in [0.15, 0.2) is 43.0 Å². The molecule has 1 amide bonds. The van der Waals surface area contributed by atoms with Gasteiger partial charge in [-0.1, -0.05) is 43.0 Å². The van der Waals surface area contributed by atoms with Crippen LogP contribution in [-0.4, -0.2) is 41.8 Å². The minimum atomic E-state index is -4.36. The molecule has 0 heterocycles. The molecule has 0 spiro atoms. The zero-order valence-corrected chi connectivity index (χ0v) is 15.3. The van der Waals surface area contributed by atoms with Crippen LogP contribution < -0.4 is 5.32 Å². The molecule has 0 fully saturated rings. The van der Waals surface area contributed by atoms with Gasteiger partial charge in [-0.2, -0.15) is 0 Å². The Labute approximate surface area is 147 Å². The summed E-state index contributed by atoms with van der Waals surface area (Å²) in [6, 6.07) is 8.21. The second-order valence-corrected chi connectivity index (χ2v) is 9.35. The van der Waals surface area contributed by atoms with Gasteiger partial charge in [0.2, 0.25) is 4.87 Å². The van der Waals surface area contributed by atoms with Gasteiger partial charge in [-0.15, -0.1) is 0 Å². The lowest BCUT2D eigenvalue weighted by Gasteiger charge is -2.35. The molecule has 138 valence electrons. The van der Waals surface area contributed by atoms with Gasteiger partial charge in [-0.05, 0) is 26.3 Å². The van der Waals surface area contributed by atoms with Crippen LogP contribution in [0.1, 0.15) is 26.3 Å². The van der Waals surface area contributed by atoms with Crippen LogP contribution in [0.2, 0.25) is 0 Å². The van der Waals surface area contributed by atoms with Crippen molar-refractivity contribution in [2.24, 2.45) is 0 Å². The molecule has 7 nitrogen and oxygen atoms in total. The van der Waals surface area contributed by atoms with Crippen LogP contribution in [0, 0.1) is 0 Å². The Kier molecular flexibility index (Phi) is 6.37. The number of carbonyl (C=O) groups is 2. The number of nitrogens with one attached hydrogen (secondary N) is 1. The van der Waals surface area contributed by atoms with Gasteiger partial charge in [-0.3, -0.25) is 5.32 Å². The Hall–Kier alpha value is -2.35. The maximum absolute atomic E-state index is 13.1. The lowest BCUT2D eigenvalue weighted by molar-refractivity contribution is -0.141. The van der Waals surface area contributed by atoms with Gasteiger partial charge in [0.1, 0.15) is 6.61 Å². The lowest BCUT2D eigenvalue weighted by Crippen LogP contribution is -2.65. The smallest absolute Gasteiger partial charge is 0.409 e. The third kappa shape index (κ3) is 4.39. The molecule has 0 aliphatic heterocycles. The average Bonchev–Trinajstić information content (AvgIpc) is 2.51. The Morgan fingerprint density at radius 1 is 1.24 bits per heavy atom. The number of amides is 1. The standard InChI is InChI=1S/C17H23NO6S/c1-5-11-24-15(21)18-17(14(19)20,25(22,23)16(2,3)4)12-13-9-7-6-8-10-13/h5-10H,1,11-12H2,2-4H3,(H,18,21)(H,19,20)/t17-/m1/s1. The van der Waals surface area contributed by atoms with Crippen molar-refractivity contribution in [2.45, 2.75) is 36.8 Å². The highest BCUT2D eigenvalue weighted by molar-refractivity contribution is 7.94. The monoisotopic (exact) mass is 369 g/mol. The topological polar surface area (TPSA) is 110 Å². The van der Waals surface area contributed by atoms with Crippen molar-refractivity contribution >= 4 is 21.9 Å². The predicted molar refractivity (Wildman–Crippen MR) is 93.9 cm³/mol. The summed E-state index contributed by atoms with van der Waals surface area (Å²) >= 11 is 0. The summed E-state index contributed by atoms with van der Waals surface area (Å²) in [6.07, 6.45) is -0.297. The van der Waals surface area contributed by atoms with E-state index < -0.39 is 37.9 Å². The van der Waals surface area contributed by atoms with E-state index in [0.29, 0.717) is 5.56 Å². The van der Waals surface area contributed by atoms with Gasteiger partial charge in [0, 0.05) is 6.42 Å². The van der Waals surface area contributed by atoms with Gasteiger partial charge in [-0.25, -0.2) is 18.0 Å². The van der Waals surface area contributed by atoms with Crippen LogP contribution in [0.4, 0.5) is 4.79 Å². The van der Waals surface area contributed by atoms with E-state index in [9.17, 15) is 23.1 Å². The molecule has 0 radical (unpaired) electrons. The predicted octanol–water partition coefficient (Wildman–Crippen LogP) is 2.14. The third-order valence-corrected chi connectivity index (χ3v) is 6.49. The number of carboxylic acid groups (broad SMARTS) is 1. The molecular weight excluding hydrogens is 346 g/mol. The molecular formula is C17H23NO6S. The summed E-state index contributed by atoms with van der Waals surface area (Å²) in [6.45, 7) is 7.33. The first-order valence-corrected chi connectivity index (χ1v) is 9.03. The Morgan fingerprint density at radius 3 is 2.24 bits per heavy atom. The number of hydrogen-bond acceptors (Lipinski definition) is 5. The van der Waals surface area contributed by atoms with Crippen molar-refractivity contribution in [3.8, 4) is 0 Å². The van der Waals surface area contributed by atoms with Gasteiger partial charge < -0.3 is 9.84 Å². The fraction of sp³-hybridized carbons (Fsp3) is 0.412. The number of hydrogen-bond donors (Lipinski definition) is 2. The maximum atomic E-state index is 13.1. The van der Waals surface area contributed by atoms with Gasteiger partial charge in [0.15, 0.2) is 9.84 Å². The molecule has 2 N–H and O–H groups in total. The Balaban J connectivity index is 3.48. The first kappa shape index (κ1) is 20.7. The fourth-order valence-corrected chi connectivity index (χ4v) is 4.04. The number of aliphatic carboxylic acids is 1. The number of ether oxygens (including phenoxy) is 1. The molecule has 1 rings (SSSR count). The molecule has 0 saturated carbocycles. The zero-order valence-electron chi connectivity index (χ0n) is 14.5. The van der Waals surface area contributed by atoms with E-state index in [2.05, 4.69) is 11.9 Å². The summed E-state index contributed by atoms with van der Waals surface area (Å²) in [5.74, 6) is -1.68. The summed E-state index contributed by atoms with van der Waals surface area (Å²) in [4.78, 5) is 21.5. The van der Waals surface area contributed by atoms with Gasteiger partial charge >= 0.3 is 12.1 Å². The fourth-order valence-electron chi connectivity index (χ4n) is 2.19. The lowest BCUT2D eigenvalue weighted by atomic mass is 10.1. The van der Waals surface area contributed by atoms with E-state index in [1.165, 1.54) is 26.8 Å². The number of carboxylic acids is 1. The summed E-state index contributed by atoms with van der Waals surface area (Å²) in [7, 11) is -4.36. The molecule has 25 heavy (non-hydrogen) atoms. The van der Waals surface area contributed by atoms with Crippen molar-refractivity contribution in [1.82, 2.24) is 5.32 Å². The van der Waals surface area contributed by atoms with Crippen molar-refractivity contribution in [3.05, 3.63) is 48.6 Å². The molecule has 0 aromatic heterocycles. The second-order valence-electron chi connectivity index (χ2n) is 6.42. The highest BCUT2D eigenvalue weighted by atomic mass is 32.2. The number of rotatable bonds is 7. The number of benzene rings is 1. The molecule has 0 aliphatic rings. The summed E-state index contributed by atoms with van der Waals surface area (Å²) in [5.41, 5.74) is 0.446. The van der Waals surface area contributed by atoms with Crippen molar-refractivity contribution in [1.29, 1.82) is 0 Å². The second kappa shape index (κ2) is 7.69. The van der Waals surface area contributed by atoms with E-state index in [1.54, 1.807) is 30.3 Å². The number of sulfone groups is 1. The Morgan fingerprint density at radius 2 is 1.80 bits per heavy atom. The van der Waals surface area contributed by atoms with E-state index in [4.69, 9.17) is 4.74 Å². The quantitative estimate of drug-likeness (QED) is 0.713. The first-order valence-electron chi connectivity index (χ1n) is 7.55. The first-order chi connectivity index (χ1) is 11.5. The molecule has 1 aromatic rings. The van der Waals surface area contributed by atoms with E-state index >= 15 is 0 Å². The van der Waals surface area contributed by atoms with Crippen LogP contribution in [0.3, 0.4) is 0 Å².